The molecule has 1 aromatic carbocycles. The van der Waals surface area contributed by atoms with Gasteiger partial charge in [-0.3, -0.25) is 4.79 Å². The second kappa shape index (κ2) is 6.12. The zero-order chi connectivity index (χ0) is 14.6. The molecule has 0 aliphatic heterocycles. The number of benzene rings is 1. The predicted octanol–water partition coefficient (Wildman–Crippen LogP) is 1.56. The van der Waals surface area contributed by atoms with Crippen LogP contribution in [0, 0.1) is 11.7 Å². The second-order valence-corrected chi connectivity index (χ2v) is 6.48. The van der Waals surface area contributed by atoms with E-state index in [1.807, 2.05) is 0 Å². The molecule has 0 atom stereocenters. The minimum absolute atomic E-state index is 0.0189. The summed E-state index contributed by atoms with van der Waals surface area (Å²) < 4.78 is 38.2. The first kappa shape index (κ1) is 15.6. The molecule has 1 N–H and O–H groups in total. The van der Waals surface area contributed by atoms with Crippen LogP contribution in [0.5, 0.6) is 0 Å². The second-order valence-electron chi connectivity index (χ2n) is 4.54. The maximum Gasteiger partial charge on any atom is 0.318 e. The molecule has 0 amide bonds. The number of aliphatic carboxylic acids is 1. The Bertz CT molecular complexity index is 539. The summed E-state index contributed by atoms with van der Waals surface area (Å²) in [7, 11) is -3.92. The van der Waals surface area contributed by atoms with Gasteiger partial charge in [0.25, 0.3) is 0 Å². The van der Waals surface area contributed by atoms with Crippen molar-refractivity contribution < 1.29 is 22.7 Å². The smallest absolute Gasteiger partial charge is 0.318 e. The van der Waals surface area contributed by atoms with E-state index in [1.165, 1.54) is 0 Å². The minimum atomic E-state index is -3.92. The molecule has 5 nitrogen and oxygen atoms in total. The highest BCUT2D eigenvalue weighted by Gasteiger charge is 2.27. The zero-order valence-electron chi connectivity index (χ0n) is 10.7. The van der Waals surface area contributed by atoms with Crippen molar-refractivity contribution in [3.8, 4) is 0 Å². The van der Waals surface area contributed by atoms with Crippen LogP contribution in [-0.2, 0) is 14.8 Å². The first-order valence-electron chi connectivity index (χ1n) is 5.71. The van der Waals surface area contributed by atoms with E-state index in [4.69, 9.17) is 5.11 Å². The van der Waals surface area contributed by atoms with E-state index in [0.29, 0.717) is 0 Å². The Kier molecular flexibility index (Phi) is 5.02. The summed E-state index contributed by atoms with van der Waals surface area (Å²) >= 11 is 0. The number of carboxylic acid groups (broad SMARTS) is 1. The topological polar surface area (TPSA) is 74.7 Å². The normalized spacial score (nSPS) is 12.1. The molecule has 0 unspecified atom stereocenters. The van der Waals surface area contributed by atoms with Crippen LogP contribution in [0.15, 0.2) is 29.2 Å². The third-order valence-corrected chi connectivity index (χ3v) is 4.16. The van der Waals surface area contributed by atoms with E-state index < -0.39 is 28.4 Å². The highest BCUT2D eigenvalue weighted by Crippen LogP contribution is 2.17. The molecule has 1 aromatic rings. The average molecular weight is 289 g/mol. The number of carbonyl (C=O) groups is 1. The summed E-state index contributed by atoms with van der Waals surface area (Å²) in [6.07, 6.45) is 0. The number of nitrogens with zero attached hydrogens (tertiary/aromatic N) is 1. The number of rotatable bonds is 6. The van der Waals surface area contributed by atoms with Crippen molar-refractivity contribution in [2.24, 2.45) is 5.92 Å². The van der Waals surface area contributed by atoms with Crippen molar-refractivity contribution >= 4 is 16.0 Å². The van der Waals surface area contributed by atoms with Crippen molar-refractivity contribution in [3.05, 3.63) is 30.1 Å². The van der Waals surface area contributed by atoms with Crippen molar-refractivity contribution in [3.63, 3.8) is 0 Å². The Morgan fingerprint density at radius 2 is 1.84 bits per heavy atom. The third kappa shape index (κ3) is 4.29. The molecule has 0 heterocycles. The van der Waals surface area contributed by atoms with Gasteiger partial charge in [-0.1, -0.05) is 13.8 Å². The summed E-state index contributed by atoms with van der Waals surface area (Å²) in [5.41, 5.74) is 0. The Labute approximate surface area is 111 Å². The van der Waals surface area contributed by atoms with Crippen molar-refractivity contribution in [2.75, 3.05) is 13.1 Å². The Morgan fingerprint density at radius 3 is 2.26 bits per heavy atom. The highest BCUT2D eigenvalue weighted by atomic mass is 32.2. The lowest BCUT2D eigenvalue weighted by Crippen LogP contribution is -2.38. The fourth-order valence-corrected chi connectivity index (χ4v) is 3.11. The summed E-state index contributed by atoms with van der Waals surface area (Å²) in [6, 6.07) is 4.31. The first-order chi connectivity index (χ1) is 8.73. The molecule has 0 bridgehead atoms. The molecule has 0 spiro atoms. The molecule has 19 heavy (non-hydrogen) atoms. The SMILES string of the molecule is CC(C)CN(CC(=O)O)S(=O)(=O)c1ccc(F)cc1. The average Bonchev–Trinajstić information content (AvgIpc) is 2.27. The van der Waals surface area contributed by atoms with Crippen LogP contribution in [0.2, 0.25) is 0 Å². The van der Waals surface area contributed by atoms with Crippen LogP contribution < -0.4 is 0 Å². The van der Waals surface area contributed by atoms with Gasteiger partial charge in [0.05, 0.1) is 4.90 Å². The van der Waals surface area contributed by atoms with E-state index >= 15 is 0 Å². The highest BCUT2D eigenvalue weighted by molar-refractivity contribution is 7.89. The van der Waals surface area contributed by atoms with Gasteiger partial charge < -0.3 is 5.11 Å². The maximum atomic E-state index is 12.8. The third-order valence-electron chi connectivity index (χ3n) is 2.33. The van der Waals surface area contributed by atoms with Gasteiger partial charge in [-0.25, -0.2) is 12.8 Å². The molecule has 0 aromatic heterocycles. The molecular formula is C12H16FNO4S. The Morgan fingerprint density at radius 1 is 1.32 bits per heavy atom. The number of hydrogen-bond acceptors (Lipinski definition) is 3. The quantitative estimate of drug-likeness (QED) is 0.862. The first-order valence-corrected chi connectivity index (χ1v) is 7.15. The predicted molar refractivity (Wildman–Crippen MR) is 67.6 cm³/mol. The van der Waals surface area contributed by atoms with Crippen molar-refractivity contribution in [2.45, 2.75) is 18.7 Å². The lowest BCUT2D eigenvalue weighted by Gasteiger charge is -2.22. The lowest BCUT2D eigenvalue weighted by molar-refractivity contribution is -0.137. The number of carboxylic acids is 1. The summed E-state index contributed by atoms with van der Waals surface area (Å²) in [4.78, 5) is 10.6. The number of hydrogen-bond donors (Lipinski definition) is 1. The monoisotopic (exact) mass is 289 g/mol. The lowest BCUT2D eigenvalue weighted by atomic mass is 10.2. The van der Waals surface area contributed by atoms with Crippen molar-refractivity contribution in [1.29, 1.82) is 0 Å². The molecule has 0 aliphatic rings. The molecular weight excluding hydrogens is 273 g/mol. The van der Waals surface area contributed by atoms with Gasteiger partial charge in [0.1, 0.15) is 12.4 Å². The fraction of sp³-hybridized carbons (Fsp3) is 0.417. The van der Waals surface area contributed by atoms with Crippen LogP contribution in [0.3, 0.4) is 0 Å². The molecule has 0 radical (unpaired) electrons. The van der Waals surface area contributed by atoms with Crippen molar-refractivity contribution in [1.82, 2.24) is 4.31 Å². The van der Waals surface area contributed by atoms with Gasteiger partial charge in [-0.05, 0) is 30.2 Å². The maximum absolute atomic E-state index is 12.8. The Balaban J connectivity index is 3.11. The molecule has 7 heteroatoms. The van der Waals surface area contributed by atoms with Gasteiger partial charge in [0.15, 0.2) is 0 Å². The van der Waals surface area contributed by atoms with E-state index in [9.17, 15) is 17.6 Å². The fourth-order valence-electron chi connectivity index (χ4n) is 1.56. The summed E-state index contributed by atoms with van der Waals surface area (Å²) in [5, 5.41) is 8.79. The minimum Gasteiger partial charge on any atom is -0.480 e. The number of halogens is 1. The van der Waals surface area contributed by atoms with Gasteiger partial charge in [-0.2, -0.15) is 4.31 Å². The molecule has 0 saturated heterocycles. The molecule has 106 valence electrons. The van der Waals surface area contributed by atoms with E-state index in [1.54, 1.807) is 13.8 Å². The molecule has 1 rings (SSSR count). The van der Waals surface area contributed by atoms with Crippen LogP contribution in [0.1, 0.15) is 13.8 Å². The van der Waals surface area contributed by atoms with Gasteiger partial charge in [-0.15, -0.1) is 0 Å². The van der Waals surface area contributed by atoms with Gasteiger partial charge in [0, 0.05) is 6.54 Å². The van der Waals surface area contributed by atoms with Crippen LogP contribution in [0.25, 0.3) is 0 Å². The largest absolute Gasteiger partial charge is 0.480 e. The van der Waals surface area contributed by atoms with Crippen LogP contribution in [0.4, 0.5) is 4.39 Å². The zero-order valence-corrected chi connectivity index (χ0v) is 11.5. The van der Waals surface area contributed by atoms with Gasteiger partial charge in [0.2, 0.25) is 10.0 Å². The standard InChI is InChI=1S/C12H16FNO4S/c1-9(2)7-14(8-12(15)16)19(17,18)11-5-3-10(13)4-6-11/h3-6,9H,7-8H2,1-2H3,(H,15,16). The van der Waals surface area contributed by atoms with Crippen LogP contribution >= 0.6 is 0 Å². The Hall–Kier alpha value is -1.47. The molecule has 0 aliphatic carbocycles. The van der Waals surface area contributed by atoms with Crippen LogP contribution in [-0.4, -0.2) is 36.9 Å². The molecule has 0 saturated carbocycles. The van der Waals surface area contributed by atoms with E-state index in [0.717, 1.165) is 28.6 Å². The number of sulfonamides is 1. The summed E-state index contributed by atoms with van der Waals surface area (Å²) in [6.45, 7) is 3.05. The van der Waals surface area contributed by atoms with E-state index in [-0.39, 0.29) is 17.4 Å². The van der Waals surface area contributed by atoms with Gasteiger partial charge >= 0.3 is 5.97 Å². The van der Waals surface area contributed by atoms with E-state index in [2.05, 4.69) is 0 Å². The summed E-state index contributed by atoms with van der Waals surface area (Å²) in [5.74, 6) is -1.80. The molecule has 0 fully saturated rings.